The molecule has 4 heterocycles. The number of allylic oxidation sites excluding steroid dienone is 1. The zero-order chi connectivity index (χ0) is 21.3. The van der Waals surface area contributed by atoms with Crippen molar-refractivity contribution in [2.24, 2.45) is 0 Å². The summed E-state index contributed by atoms with van der Waals surface area (Å²) in [6.45, 7) is 4.24. The van der Waals surface area contributed by atoms with E-state index in [0.717, 1.165) is 11.9 Å². The lowest BCUT2D eigenvalue weighted by molar-refractivity contribution is -0.141. The quantitative estimate of drug-likeness (QED) is 0.685. The summed E-state index contributed by atoms with van der Waals surface area (Å²) < 4.78 is 45.3. The predicted octanol–water partition coefficient (Wildman–Crippen LogP) is 4.14. The third-order valence-electron chi connectivity index (χ3n) is 4.64. The van der Waals surface area contributed by atoms with E-state index in [0.29, 0.717) is 29.3 Å². The van der Waals surface area contributed by atoms with Crippen molar-refractivity contribution in [1.29, 1.82) is 0 Å². The van der Waals surface area contributed by atoms with E-state index in [9.17, 15) is 13.2 Å². The summed E-state index contributed by atoms with van der Waals surface area (Å²) in [4.78, 5) is 18.8. The van der Waals surface area contributed by atoms with Crippen LogP contribution in [0.1, 0.15) is 25.1 Å². The zero-order valence-electron chi connectivity index (χ0n) is 16.3. The fourth-order valence-electron chi connectivity index (χ4n) is 3.18. The summed E-state index contributed by atoms with van der Waals surface area (Å²) in [5, 5.41) is 3.63. The predicted molar refractivity (Wildman–Crippen MR) is 106 cm³/mol. The molecule has 0 bridgehead atoms. The third-order valence-corrected chi connectivity index (χ3v) is 4.64. The number of alkyl halides is 3. The van der Waals surface area contributed by atoms with Crippen molar-refractivity contribution < 1.29 is 17.9 Å². The molecule has 0 radical (unpaired) electrons. The maximum absolute atomic E-state index is 13.3. The number of rotatable bonds is 4. The number of halogens is 3. The maximum atomic E-state index is 13.3. The molecule has 1 atom stereocenters. The number of hydrogen-bond donors (Lipinski definition) is 1. The van der Waals surface area contributed by atoms with E-state index in [1.54, 1.807) is 24.6 Å². The summed E-state index contributed by atoms with van der Waals surface area (Å²) in [6, 6.07) is 6.36. The first-order valence-corrected chi connectivity index (χ1v) is 9.30. The van der Waals surface area contributed by atoms with Gasteiger partial charge in [-0.05, 0) is 32.0 Å². The second-order valence-corrected chi connectivity index (χ2v) is 6.93. The van der Waals surface area contributed by atoms with Gasteiger partial charge in [0, 0.05) is 24.5 Å². The Morgan fingerprint density at radius 2 is 1.93 bits per heavy atom. The molecule has 0 aliphatic carbocycles. The van der Waals surface area contributed by atoms with Crippen LogP contribution >= 0.6 is 0 Å². The van der Waals surface area contributed by atoms with E-state index in [2.05, 4.69) is 25.3 Å². The molecule has 0 unspecified atom stereocenters. The highest BCUT2D eigenvalue weighted by molar-refractivity contribution is 5.87. The van der Waals surface area contributed by atoms with Gasteiger partial charge in [-0.3, -0.25) is 4.98 Å². The number of aromatic nitrogens is 4. The van der Waals surface area contributed by atoms with Crippen molar-refractivity contribution in [3.05, 3.63) is 59.9 Å². The molecule has 4 rings (SSSR count). The van der Waals surface area contributed by atoms with Crippen molar-refractivity contribution in [2.75, 3.05) is 16.8 Å². The fraction of sp³-hybridized carbons (Fsp3) is 0.300. The molecular weight excluding hydrogens is 397 g/mol. The Kier molecular flexibility index (Phi) is 5.15. The Hall–Kier alpha value is -3.43. The number of fused-ring (bicyclic) bond motifs is 1. The maximum Gasteiger partial charge on any atom is 0.433 e. The Morgan fingerprint density at radius 1 is 1.17 bits per heavy atom. The molecule has 0 aromatic carbocycles. The van der Waals surface area contributed by atoms with E-state index in [-0.39, 0.29) is 18.2 Å². The van der Waals surface area contributed by atoms with Crippen molar-refractivity contribution >= 4 is 22.8 Å². The van der Waals surface area contributed by atoms with Gasteiger partial charge >= 0.3 is 6.18 Å². The molecular formula is C20H19F3N6O. The molecule has 7 nitrogen and oxygen atoms in total. The van der Waals surface area contributed by atoms with Crippen LogP contribution in [0.2, 0.25) is 0 Å². The number of nitrogens with zero attached hydrogens (tertiary/aromatic N) is 5. The van der Waals surface area contributed by atoms with Gasteiger partial charge in [-0.2, -0.15) is 23.1 Å². The van der Waals surface area contributed by atoms with Crippen LogP contribution in [-0.4, -0.2) is 32.6 Å². The average Bonchev–Trinajstić information content (AvgIpc) is 2.73. The molecule has 0 saturated carbocycles. The Bertz CT molecular complexity index is 1100. The SMILES string of the molecule is CC1=CO[C@@H](C)CN1c1nc(NCc2cccnc2C(F)(F)F)c2cccnc2n1. The van der Waals surface area contributed by atoms with Crippen LogP contribution in [0.4, 0.5) is 24.9 Å². The van der Waals surface area contributed by atoms with Gasteiger partial charge in [0.25, 0.3) is 0 Å². The van der Waals surface area contributed by atoms with Gasteiger partial charge in [0.1, 0.15) is 23.9 Å². The monoisotopic (exact) mass is 416 g/mol. The molecule has 3 aromatic rings. The lowest BCUT2D eigenvalue weighted by Gasteiger charge is -2.30. The number of hydrogen-bond acceptors (Lipinski definition) is 7. The standard InChI is InChI=1S/C20H19F3N6O/c1-12-11-30-13(2)10-29(12)19-27-17-15(6-4-8-25-17)18(28-19)26-9-14-5-3-7-24-16(14)20(21,22)23/h3-8,11,13H,9-10H2,1-2H3,(H,25,26,27,28)/t13-/m0/s1. The number of nitrogens with one attached hydrogen (secondary N) is 1. The van der Waals surface area contributed by atoms with Gasteiger partial charge < -0.3 is 15.0 Å². The first-order chi connectivity index (χ1) is 14.3. The highest BCUT2D eigenvalue weighted by Crippen LogP contribution is 2.31. The number of pyridine rings is 2. The Balaban J connectivity index is 1.71. The van der Waals surface area contributed by atoms with E-state index in [4.69, 9.17) is 4.74 Å². The molecule has 1 aliphatic heterocycles. The summed E-state index contributed by atoms with van der Waals surface area (Å²) in [5.74, 6) is 0.793. The molecule has 1 aliphatic rings. The van der Waals surface area contributed by atoms with Crippen molar-refractivity contribution in [3.63, 3.8) is 0 Å². The summed E-state index contributed by atoms with van der Waals surface area (Å²) in [7, 11) is 0. The van der Waals surface area contributed by atoms with Crippen molar-refractivity contribution in [2.45, 2.75) is 32.7 Å². The topological polar surface area (TPSA) is 76.1 Å². The van der Waals surface area contributed by atoms with Gasteiger partial charge in [-0.1, -0.05) is 6.07 Å². The van der Waals surface area contributed by atoms with Gasteiger partial charge in [-0.25, -0.2) is 4.98 Å². The molecule has 30 heavy (non-hydrogen) atoms. The molecule has 0 amide bonds. The van der Waals surface area contributed by atoms with Crippen LogP contribution in [0.3, 0.4) is 0 Å². The number of ether oxygens (including phenoxy) is 1. The van der Waals surface area contributed by atoms with Gasteiger partial charge in [0.15, 0.2) is 5.65 Å². The molecule has 1 N–H and O–H groups in total. The zero-order valence-corrected chi connectivity index (χ0v) is 16.3. The minimum Gasteiger partial charge on any atom is -0.495 e. The molecule has 0 spiro atoms. The van der Waals surface area contributed by atoms with Crippen molar-refractivity contribution in [3.8, 4) is 0 Å². The molecule has 10 heteroatoms. The summed E-state index contributed by atoms with van der Waals surface area (Å²) in [5.41, 5.74) is 0.369. The average molecular weight is 416 g/mol. The van der Waals surface area contributed by atoms with Crippen LogP contribution in [0.25, 0.3) is 11.0 Å². The first kappa shape index (κ1) is 19.9. The lowest BCUT2D eigenvalue weighted by atomic mass is 10.2. The van der Waals surface area contributed by atoms with Crippen LogP contribution < -0.4 is 10.2 Å². The van der Waals surface area contributed by atoms with Crippen molar-refractivity contribution in [1.82, 2.24) is 19.9 Å². The van der Waals surface area contributed by atoms with Gasteiger partial charge in [0.05, 0.1) is 17.6 Å². The van der Waals surface area contributed by atoms with Gasteiger partial charge in [0.2, 0.25) is 5.95 Å². The Morgan fingerprint density at radius 3 is 2.73 bits per heavy atom. The minimum absolute atomic E-state index is 0.0262. The van der Waals surface area contributed by atoms with Crippen LogP contribution in [0, 0.1) is 0 Å². The lowest BCUT2D eigenvalue weighted by Crippen LogP contribution is -2.35. The van der Waals surface area contributed by atoms with Crippen LogP contribution in [0.5, 0.6) is 0 Å². The largest absolute Gasteiger partial charge is 0.495 e. The normalized spacial score (nSPS) is 16.9. The molecule has 156 valence electrons. The molecule has 0 saturated heterocycles. The minimum atomic E-state index is -4.54. The first-order valence-electron chi connectivity index (χ1n) is 9.30. The van der Waals surface area contributed by atoms with E-state index >= 15 is 0 Å². The molecule has 3 aromatic heterocycles. The summed E-state index contributed by atoms with van der Waals surface area (Å²) >= 11 is 0. The Labute approximate surface area is 170 Å². The van der Waals surface area contributed by atoms with Gasteiger partial charge in [-0.15, -0.1) is 0 Å². The van der Waals surface area contributed by atoms with Crippen LogP contribution in [0.15, 0.2) is 48.6 Å². The molecule has 0 fully saturated rings. The smallest absolute Gasteiger partial charge is 0.433 e. The second kappa shape index (κ2) is 7.77. The van der Waals surface area contributed by atoms with Crippen LogP contribution in [-0.2, 0) is 17.5 Å². The second-order valence-electron chi connectivity index (χ2n) is 6.93. The fourth-order valence-corrected chi connectivity index (χ4v) is 3.18. The van der Waals surface area contributed by atoms with E-state index in [1.165, 1.54) is 12.1 Å². The summed E-state index contributed by atoms with van der Waals surface area (Å²) in [6.07, 6.45) is -0.222. The highest BCUT2D eigenvalue weighted by atomic mass is 19.4. The number of anilines is 2. The van der Waals surface area contributed by atoms with E-state index in [1.807, 2.05) is 18.7 Å². The van der Waals surface area contributed by atoms with E-state index < -0.39 is 11.9 Å². The third kappa shape index (κ3) is 3.98. The highest BCUT2D eigenvalue weighted by Gasteiger charge is 2.35.